The molecule has 0 fully saturated rings. The molecule has 0 aliphatic heterocycles. The van der Waals surface area contributed by atoms with Crippen LogP contribution in [0.1, 0.15) is 11.1 Å². The lowest BCUT2D eigenvalue weighted by molar-refractivity contribution is 0.256. The molecule has 0 saturated carbocycles. The largest absolute Gasteiger partial charge is 0.485 e. The van der Waals surface area contributed by atoms with Crippen LogP contribution < -0.4 is 20.5 Å². The highest BCUT2D eigenvalue weighted by Gasteiger charge is 2.09. The maximum absolute atomic E-state index is 6.02. The lowest BCUT2D eigenvalue weighted by Gasteiger charge is -2.15. The first-order chi connectivity index (χ1) is 13.2. The molecule has 6 heteroatoms. The van der Waals surface area contributed by atoms with E-state index < -0.39 is 0 Å². The van der Waals surface area contributed by atoms with Gasteiger partial charge in [0.25, 0.3) is 0 Å². The smallest absolute Gasteiger partial charge is 0.192 e. The van der Waals surface area contributed by atoms with Crippen LogP contribution in [-0.4, -0.2) is 13.0 Å². The summed E-state index contributed by atoms with van der Waals surface area (Å²) in [6.07, 6.45) is 0. The molecule has 0 radical (unpaired) electrons. The number of hydrogen-bond donors (Lipinski definition) is 2. The molecule has 3 rings (SSSR count). The van der Waals surface area contributed by atoms with Gasteiger partial charge in [-0.2, -0.15) is 0 Å². The predicted molar refractivity (Wildman–Crippen MR) is 116 cm³/mol. The summed E-state index contributed by atoms with van der Waals surface area (Å²) in [5.41, 5.74) is 8.72. The van der Waals surface area contributed by atoms with Gasteiger partial charge in [0.15, 0.2) is 17.5 Å². The van der Waals surface area contributed by atoms with E-state index in [4.69, 9.17) is 15.2 Å². The van der Waals surface area contributed by atoms with Gasteiger partial charge in [-0.3, -0.25) is 4.99 Å². The van der Waals surface area contributed by atoms with E-state index >= 15 is 0 Å². The number of aliphatic imine (C=N–C) groups is 1. The number of nitrogens with two attached hydrogens (primary N) is 1. The number of hydrogen-bond acceptors (Lipinski definition) is 3. The Hall–Kier alpha value is -3.18. The predicted octanol–water partition coefficient (Wildman–Crippen LogP) is 4.62. The molecule has 0 saturated heterocycles. The molecule has 0 heterocycles. The van der Waals surface area contributed by atoms with Crippen LogP contribution in [0.2, 0.25) is 0 Å². The van der Waals surface area contributed by atoms with E-state index in [0.717, 1.165) is 16.8 Å². The fraction of sp³-hybridized carbons (Fsp3) is 0.136. The summed E-state index contributed by atoms with van der Waals surface area (Å²) >= 11 is 0. The van der Waals surface area contributed by atoms with E-state index in [1.807, 2.05) is 78.9 Å². The van der Waals surface area contributed by atoms with Crippen LogP contribution in [0.15, 0.2) is 83.9 Å². The second kappa shape index (κ2) is 10.8. The van der Waals surface area contributed by atoms with E-state index in [9.17, 15) is 0 Å². The lowest BCUT2D eigenvalue weighted by atomic mass is 10.2. The monoisotopic (exact) mass is 397 g/mol. The molecule has 0 bridgehead atoms. The van der Waals surface area contributed by atoms with Crippen LogP contribution in [0.4, 0.5) is 5.69 Å². The standard InChI is InChI=1S/C22H23N3O2.ClH/c1-24-22(23)25-19-12-13-20(26-15-17-8-4-2-5-9-17)21(14-19)27-16-18-10-6-3-7-11-18;/h2-14H,15-16H2,1H3,(H3,23,24,25);1H. The van der Waals surface area contributed by atoms with E-state index in [2.05, 4.69) is 10.3 Å². The number of benzene rings is 3. The molecular formula is C22H24ClN3O2. The highest BCUT2D eigenvalue weighted by Crippen LogP contribution is 2.32. The van der Waals surface area contributed by atoms with Crippen molar-refractivity contribution >= 4 is 24.1 Å². The Morgan fingerprint density at radius 3 is 1.89 bits per heavy atom. The molecule has 146 valence electrons. The molecule has 0 aromatic heterocycles. The molecule has 0 aliphatic carbocycles. The van der Waals surface area contributed by atoms with Crippen molar-refractivity contribution in [3.05, 3.63) is 90.0 Å². The summed E-state index contributed by atoms with van der Waals surface area (Å²) in [6.45, 7) is 0.914. The summed E-state index contributed by atoms with van der Waals surface area (Å²) in [5.74, 6) is 1.65. The van der Waals surface area contributed by atoms with Gasteiger partial charge < -0.3 is 20.5 Å². The van der Waals surface area contributed by atoms with Crippen molar-refractivity contribution in [3.8, 4) is 11.5 Å². The third-order valence-corrected chi connectivity index (χ3v) is 3.93. The SMILES string of the molecule is CN=C(N)Nc1ccc(OCc2ccccc2)c(OCc2ccccc2)c1.Cl. The van der Waals surface area contributed by atoms with Crippen LogP contribution in [0, 0.1) is 0 Å². The Morgan fingerprint density at radius 1 is 0.821 bits per heavy atom. The summed E-state index contributed by atoms with van der Waals surface area (Å²) in [6, 6.07) is 25.6. The minimum absolute atomic E-state index is 0. The van der Waals surface area contributed by atoms with Gasteiger partial charge in [0.05, 0.1) is 0 Å². The summed E-state index contributed by atoms with van der Waals surface area (Å²) in [5, 5.41) is 3.02. The number of rotatable bonds is 7. The third kappa shape index (κ3) is 6.21. The molecule has 28 heavy (non-hydrogen) atoms. The molecule has 5 nitrogen and oxygen atoms in total. The minimum atomic E-state index is 0. The molecule has 0 spiro atoms. The Morgan fingerprint density at radius 2 is 1.36 bits per heavy atom. The van der Waals surface area contributed by atoms with Crippen LogP contribution in [0.25, 0.3) is 0 Å². The molecule has 3 aromatic carbocycles. The number of ether oxygens (including phenoxy) is 2. The zero-order chi connectivity index (χ0) is 18.9. The van der Waals surface area contributed by atoms with Crippen molar-refractivity contribution < 1.29 is 9.47 Å². The van der Waals surface area contributed by atoms with Crippen LogP contribution >= 0.6 is 12.4 Å². The summed E-state index contributed by atoms with van der Waals surface area (Å²) in [7, 11) is 1.63. The second-order valence-corrected chi connectivity index (χ2v) is 5.94. The fourth-order valence-electron chi connectivity index (χ4n) is 2.49. The van der Waals surface area contributed by atoms with Crippen molar-refractivity contribution in [1.29, 1.82) is 0 Å². The van der Waals surface area contributed by atoms with Crippen molar-refractivity contribution in [2.24, 2.45) is 10.7 Å². The molecule has 0 unspecified atom stereocenters. The van der Waals surface area contributed by atoms with Gasteiger partial charge in [-0.25, -0.2) is 0 Å². The average molecular weight is 398 g/mol. The van der Waals surface area contributed by atoms with Crippen LogP contribution in [0.3, 0.4) is 0 Å². The van der Waals surface area contributed by atoms with Gasteiger partial charge >= 0.3 is 0 Å². The first-order valence-electron chi connectivity index (χ1n) is 8.71. The van der Waals surface area contributed by atoms with Gasteiger partial charge in [-0.1, -0.05) is 60.7 Å². The highest BCUT2D eigenvalue weighted by atomic mass is 35.5. The molecule has 0 aliphatic rings. The molecule has 0 amide bonds. The zero-order valence-electron chi connectivity index (χ0n) is 15.7. The number of guanidine groups is 1. The number of anilines is 1. The minimum Gasteiger partial charge on any atom is -0.485 e. The van der Waals surface area contributed by atoms with Gasteiger partial charge in [0.1, 0.15) is 13.2 Å². The normalized spacial score (nSPS) is 10.7. The first kappa shape index (κ1) is 21.1. The average Bonchev–Trinajstić information content (AvgIpc) is 2.73. The maximum Gasteiger partial charge on any atom is 0.192 e. The molecule has 3 N–H and O–H groups in total. The van der Waals surface area contributed by atoms with Gasteiger partial charge in [0, 0.05) is 18.8 Å². The van der Waals surface area contributed by atoms with E-state index in [1.165, 1.54) is 0 Å². The van der Waals surface area contributed by atoms with E-state index in [1.54, 1.807) is 7.05 Å². The topological polar surface area (TPSA) is 68.9 Å². The maximum atomic E-state index is 6.02. The number of halogens is 1. The van der Waals surface area contributed by atoms with Gasteiger partial charge in [-0.05, 0) is 23.3 Å². The van der Waals surface area contributed by atoms with Crippen molar-refractivity contribution in [2.75, 3.05) is 12.4 Å². The molecular weight excluding hydrogens is 374 g/mol. The van der Waals surface area contributed by atoms with Crippen LogP contribution in [0.5, 0.6) is 11.5 Å². The van der Waals surface area contributed by atoms with Crippen molar-refractivity contribution in [2.45, 2.75) is 13.2 Å². The Labute approximate surface area is 171 Å². The fourth-order valence-corrected chi connectivity index (χ4v) is 2.49. The number of nitrogens with one attached hydrogen (secondary N) is 1. The summed E-state index contributed by atoms with van der Waals surface area (Å²) in [4.78, 5) is 3.92. The quantitative estimate of drug-likeness (QED) is 0.450. The molecule has 3 aromatic rings. The van der Waals surface area contributed by atoms with E-state index in [0.29, 0.717) is 30.7 Å². The summed E-state index contributed by atoms with van der Waals surface area (Å²) < 4.78 is 12.0. The Balaban J connectivity index is 0.00000280. The Kier molecular flexibility index (Phi) is 8.18. The second-order valence-electron chi connectivity index (χ2n) is 5.94. The number of nitrogens with zero attached hydrogens (tertiary/aromatic N) is 1. The van der Waals surface area contributed by atoms with E-state index in [-0.39, 0.29) is 12.4 Å². The lowest BCUT2D eigenvalue weighted by Crippen LogP contribution is -2.21. The van der Waals surface area contributed by atoms with Crippen molar-refractivity contribution in [3.63, 3.8) is 0 Å². The Bertz CT molecular complexity index is 887. The third-order valence-electron chi connectivity index (χ3n) is 3.93. The van der Waals surface area contributed by atoms with Gasteiger partial charge in [0.2, 0.25) is 0 Å². The van der Waals surface area contributed by atoms with Crippen molar-refractivity contribution in [1.82, 2.24) is 0 Å². The van der Waals surface area contributed by atoms with Gasteiger partial charge in [-0.15, -0.1) is 12.4 Å². The van der Waals surface area contributed by atoms with Crippen LogP contribution in [-0.2, 0) is 13.2 Å². The first-order valence-corrected chi connectivity index (χ1v) is 8.71. The zero-order valence-corrected chi connectivity index (χ0v) is 16.5. The molecule has 0 atom stereocenters. The highest BCUT2D eigenvalue weighted by molar-refractivity contribution is 5.92.